The Kier molecular flexibility index (Phi) is 6.45. The van der Waals surface area contributed by atoms with E-state index in [0.29, 0.717) is 19.5 Å². The Bertz CT molecular complexity index is 358. The number of hydrogen-bond donors (Lipinski definition) is 2. The number of hydrogen-bond acceptors (Lipinski definition) is 3. The Morgan fingerprint density at radius 2 is 1.76 bits per heavy atom. The molecule has 1 aliphatic rings. The van der Waals surface area contributed by atoms with Crippen molar-refractivity contribution in [2.75, 3.05) is 26.2 Å². The molecular formula is C15H29N3O3. The second kappa shape index (κ2) is 7.64. The minimum absolute atomic E-state index is 0.104. The summed E-state index contributed by atoms with van der Waals surface area (Å²) in [6.07, 6.45) is 2.21. The Morgan fingerprint density at radius 3 is 2.19 bits per heavy atom. The van der Waals surface area contributed by atoms with Gasteiger partial charge in [-0.05, 0) is 27.2 Å². The average molecular weight is 299 g/mol. The number of urea groups is 1. The van der Waals surface area contributed by atoms with Gasteiger partial charge in [-0.25, -0.2) is 9.59 Å². The predicted octanol–water partition coefficient (Wildman–Crippen LogP) is 1.76. The average Bonchev–Trinajstić information content (AvgIpc) is 2.42. The van der Waals surface area contributed by atoms with Crippen molar-refractivity contribution in [3.05, 3.63) is 0 Å². The Balaban J connectivity index is 2.47. The summed E-state index contributed by atoms with van der Waals surface area (Å²) in [6, 6.07) is -1.04. The van der Waals surface area contributed by atoms with Gasteiger partial charge in [-0.2, -0.15) is 0 Å². The molecule has 0 bridgehead atoms. The molecular weight excluding hydrogens is 270 g/mol. The van der Waals surface area contributed by atoms with Gasteiger partial charge < -0.3 is 15.3 Å². The van der Waals surface area contributed by atoms with Crippen molar-refractivity contribution in [1.29, 1.82) is 0 Å². The smallest absolute Gasteiger partial charge is 0.326 e. The standard InChI is InChI=1S/C15H29N3O3/c1-5-6-7-12(13(19)20)16-14(21)17-8-10-18(11-9-17)15(2,3)4/h12H,5-11H2,1-4H3,(H,16,21)(H,19,20)/t12-/m0/s1. The van der Waals surface area contributed by atoms with Crippen molar-refractivity contribution in [3.63, 3.8) is 0 Å². The zero-order valence-electron chi connectivity index (χ0n) is 13.7. The van der Waals surface area contributed by atoms with E-state index >= 15 is 0 Å². The Morgan fingerprint density at radius 1 is 1.19 bits per heavy atom. The van der Waals surface area contributed by atoms with Crippen LogP contribution in [0.25, 0.3) is 0 Å². The van der Waals surface area contributed by atoms with Crippen LogP contribution in [0, 0.1) is 0 Å². The molecule has 1 rings (SSSR count). The molecule has 21 heavy (non-hydrogen) atoms. The maximum atomic E-state index is 12.2. The van der Waals surface area contributed by atoms with Crippen LogP contribution in [-0.4, -0.2) is 64.7 Å². The molecule has 0 saturated carbocycles. The van der Waals surface area contributed by atoms with E-state index in [1.807, 2.05) is 6.92 Å². The number of piperazine rings is 1. The van der Waals surface area contributed by atoms with Crippen LogP contribution in [0.1, 0.15) is 47.0 Å². The molecule has 1 saturated heterocycles. The van der Waals surface area contributed by atoms with E-state index in [9.17, 15) is 9.59 Å². The van der Waals surface area contributed by atoms with E-state index in [1.54, 1.807) is 4.90 Å². The third kappa shape index (κ3) is 5.53. The SMILES string of the molecule is CCCC[C@H](NC(=O)N1CCN(C(C)(C)C)CC1)C(=O)O. The van der Waals surface area contributed by atoms with Crippen molar-refractivity contribution in [2.45, 2.75) is 58.5 Å². The number of unbranched alkanes of at least 4 members (excludes halogenated alkanes) is 1. The van der Waals surface area contributed by atoms with Crippen LogP contribution < -0.4 is 5.32 Å². The summed E-state index contributed by atoms with van der Waals surface area (Å²) in [4.78, 5) is 27.4. The van der Waals surface area contributed by atoms with Crippen molar-refractivity contribution in [3.8, 4) is 0 Å². The third-order valence-electron chi connectivity index (χ3n) is 3.96. The van der Waals surface area contributed by atoms with Crippen molar-refractivity contribution in [1.82, 2.24) is 15.1 Å². The van der Waals surface area contributed by atoms with Gasteiger partial charge in [0.05, 0.1) is 0 Å². The molecule has 0 aromatic carbocycles. The summed E-state index contributed by atoms with van der Waals surface area (Å²) in [5.74, 6) is -0.954. The van der Waals surface area contributed by atoms with E-state index < -0.39 is 12.0 Å². The van der Waals surface area contributed by atoms with E-state index in [4.69, 9.17) is 5.11 Å². The van der Waals surface area contributed by atoms with Gasteiger partial charge in [0.25, 0.3) is 0 Å². The van der Waals surface area contributed by atoms with Gasteiger partial charge >= 0.3 is 12.0 Å². The highest BCUT2D eigenvalue weighted by atomic mass is 16.4. The summed E-state index contributed by atoms with van der Waals surface area (Å²) < 4.78 is 0. The lowest BCUT2D eigenvalue weighted by atomic mass is 10.1. The fourth-order valence-corrected chi connectivity index (χ4v) is 2.49. The fraction of sp³-hybridized carbons (Fsp3) is 0.867. The lowest BCUT2D eigenvalue weighted by Crippen LogP contribution is -2.57. The Labute approximate surface area is 127 Å². The van der Waals surface area contributed by atoms with E-state index in [2.05, 4.69) is 31.0 Å². The molecule has 122 valence electrons. The second-order valence-electron chi connectivity index (χ2n) is 6.63. The number of carboxylic acid groups (broad SMARTS) is 1. The minimum atomic E-state index is -0.954. The van der Waals surface area contributed by atoms with Crippen LogP contribution in [0.3, 0.4) is 0 Å². The lowest BCUT2D eigenvalue weighted by Gasteiger charge is -2.42. The molecule has 1 atom stereocenters. The lowest BCUT2D eigenvalue weighted by molar-refractivity contribution is -0.139. The van der Waals surface area contributed by atoms with Crippen molar-refractivity contribution < 1.29 is 14.7 Å². The zero-order valence-corrected chi connectivity index (χ0v) is 13.7. The molecule has 1 heterocycles. The molecule has 2 amide bonds. The first-order valence-electron chi connectivity index (χ1n) is 7.79. The number of carbonyl (C=O) groups excluding carboxylic acids is 1. The summed E-state index contributed by atoms with van der Waals surface area (Å²) in [5, 5.41) is 11.8. The first kappa shape index (κ1) is 17.8. The van der Waals surface area contributed by atoms with Gasteiger partial charge in [0.1, 0.15) is 6.04 Å². The second-order valence-corrected chi connectivity index (χ2v) is 6.63. The molecule has 0 radical (unpaired) electrons. The van der Waals surface area contributed by atoms with Crippen LogP contribution in [0.4, 0.5) is 4.79 Å². The van der Waals surface area contributed by atoms with Gasteiger partial charge in [0.15, 0.2) is 0 Å². The van der Waals surface area contributed by atoms with Crippen molar-refractivity contribution in [2.24, 2.45) is 0 Å². The summed E-state index contributed by atoms with van der Waals surface area (Å²) in [6.45, 7) is 11.4. The van der Waals surface area contributed by atoms with E-state index in [1.165, 1.54) is 0 Å². The van der Waals surface area contributed by atoms with Crippen LogP contribution in [0.2, 0.25) is 0 Å². The van der Waals surface area contributed by atoms with Gasteiger partial charge in [0, 0.05) is 31.7 Å². The molecule has 6 heteroatoms. The number of carboxylic acids is 1. The van der Waals surface area contributed by atoms with E-state index in [-0.39, 0.29) is 11.6 Å². The topological polar surface area (TPSA) is 72.9 Å². The number of aliphatic carboxylic acids is 1. The summed E-state index contributed by atoms with van der Waals surface area (Å²) in [7, 11) is 0. The first-order valence-corrected chi connectivity index (χ1v) is 7.79. The minimum Gasteiger partial charge on any atom is -0.480 e. The Hall–Kier alpha value is -1.30. The van der Waals surface area contributed by atoms with Gasteiger partial charge in [0.2, 0.25) is 0 Å². The summed E-state index contributed by atoms with van der Waals surface area (Å²) in [5.41, 5.74) is 0.104. The molecule has 1 aliphatic heterocycles. The van der Waals surface area contributed by atoms with Crippen molar-refractivity contribution >= 4 is 12.0 Å². The highest BCUT2D eigenvalue weighted by Crippen LogP contribution is 2.15. The molecule has 1 fully saturated rings. The van der Waals surface area contributed by atoms with Crippen LogP contribution in [0.15, 0.2) is 0 Å². The highest BCUT2D eigenvalue weighted by Gasteiger charge is 2.29. The largest absolute Gasteiger partial charge is 0.480 e. The normalized spacial score (nSPS) is 18.4. The predicted molar refractivity (Wildman–Crippen MR) is 82.4 cm³/mol. The van der Waals surface area contributed by atoms with Crippen LogP contribution in [-0.2, 0) is 4.79 Å². The van der Waals surface area contributed by atoms with Gasteiger partial charge in [-0.3, -0.25) is 4.90 Å². The molecule has 6 nitrogen and oxygen atoms in total. The van der Waals surface area contributed by atoms with Crippen LogP contribution in [0.5, 0.6) is 0 Å². The maximum Gasteiger partial charge on any atom is 0.326 e. The molecule has 0 spiro atoms. The van der Waals surface area contributed by atoms with Gasteiger partial charge in [-0.1, -0.05) is 19.8 Å². The van der Waals surface area contributed by atoms with E-state index in [0.717, 1.165) is 25.9 Å². The number of amides is 2. The summed E-state index contributed by atoms with van der Waals surface area (Å²) >= 11 is 0. The highest BCUT2D eigenvalue weighted by molar-refractivity contribution is 5.82. The number of nitrogens with one attached hydrogen (secondary N) is 1. The molecule has 2 N–H and O–H groups in total. The first-order chi connectivity index (χ1) is 9.75. The molecule has 0 aromatic rings. The number of rotatable bonds is 5. The fourth-order valence-electron chi connectivity index (χ4n) is 2.49. The molecule has 0 unspecified atom stereocenters. The number of nitrogens with zero attached hydrogens (tertiary/aromatic N) is 2. The molecule has 0 aliphatic carbocycles. The maximum absolute atomic E-state index is 12.2. The third-order valence-corrected chi connectivity index (χ3v) is 3.96. The zero-order chi connectivity index (χ0) is 16.0. The quantitative estimate of drug-likeness (QED) is 0.811. The number of carbonyl (C=O) groups is 2. The van der Waals surface area contributed by atoms with Crippen LogP contribution >= 0.6 is 0 Å². The van der Waals surface area contributed by atoms with Gasteiger partial charge in [-0.15, -0.1) is 0 Å². The molecule has 0 aromatic heterocycles. The monoisotopic (exact) mass is 299 g/mol.